The topological polar surface area (TPSA) is 36.9 Å². The average Bonchev–Trinajstić information content (AvgIpc) is 2.14. The van der Waals surface area contributed by atoms with Gasteiger partial charge >= 0.3 is 77.9 Å². The van der Waals surface area contributed by atoms with Gasteiger partial charge in [-0.05, 0) is 0 Å². The van der Waals surface area contributed by atoms with Crippen molar-refractivity contribution >= 4 is 0 Å². The first-order valence-corrected chi connectivity index (χ1v) is 6.64. The van der Waals surface area contributed by atoms with Crippen LogP contribution in [0.5, 0.6) is 0 Å². The van der Waals surface area contributed by atoms with Crippen molar-refractivity contribution in [3.05, 3.63) is 12.8 Å². The van der Waals surface area contributed by atoms with E-state index >= 15 is 0 Å². The van der Waals surface area contributed by atoms with Gasteiger partial charge in [0.05, 0.1) is 0 Å². The molecule has 0 bridgehead atoms. The Bertz CT molecular complexity index is 116. The summed E-state index contributed by atoms with van der Waals surface area (Å²) in [6.45, 7) is 3.96. The van der Waals surface area contributed by atoms with E-state index < -0.39 is 17.8 Å². The van der Waals surface area contributed by atoms with Crippen molar-refractivity contribution in [2.24, 2.45) is 0 Å². The van der Waals surface area contributed by atoms with E-state index in [9.17, 15) is 0 Å². The van der Waals surface area contributed by atoms with Crippen LogP contribution in [0.15, 0.2) is 12.8 Å². The Kier molecular flexibility index (Phi) is 6.70. The van der Waals surface area contributed by atoms with Gasteiger partial charge in [0.25, 0.3) is 0 Å². The minimum absolute atomic E-state index is 0.527. The molecule has 72 valence electrons. The first kappa shape index (κ1) is 12.1. The van der Waals surface area contributed by atoms with Crippen LogP contribution >= 0.6 is 0 Å². The molecule has 0 unspecified atom stereocenters. The van der Waals surface area contributed by atoms with E-state index in [-0.39, 0.29) is 0 Å². The molecule has 0 fully saturated rings. The van der Waals surface area contributed by atoms with Gasteiger partial charge in [-0.1, -0.05) is 0 Å². The average molecular weight is 212 g/mol. The Morgan fingerprint density at radius 3 is 2.00 bits per heavy atom. The van der Waals surface area contributed by atoms with Crippen LogP contribution in [0, 0.1) is 0 Å². The van der Waals surface area contributed by atoms with Crippen molar-refractivity contribution in [2.45, 2.75) is 4.73 Å². The summed E-state index contributed by atoms with van der Waals surface area (Å²) in [6.07, 6.45) is 1.40. The Morgan fingerprint density at radius 2 is 1.67 bits per heavy atom. The predicted molar refractivity (Wildman–Crippen MR) is 42.0 cm³/mol. The molecule has 0 aromatic carbocycles. The van der Waals surface area contributed by atoms with E-state index in [1.165, 1.54) is 6.26 Å². The van der Waals surface area contributed by atoms with Crippen molar-refractivity contribution in [1.82, 2.24) is 0 Å². The van der Waals surface area contributed by atoms with Crippen LogP contribution in [0.1, 0.15) is 0 Å². The number of rotatable bonds is 7. The maximum atomic E-state index is 5.21. The molecular weight excluding hydrogens is 196 g/mol. The molecule has 0 atom stereocenters. The molecule has 0 amide bonds. The quantitative estimate of drug-likeness (QED) is 0.363. The second kappa shape index (κ2) is 6.63. The third kappa shape index (κ3) is 3.69. The van der Waals surface area contributed by atoms with Crippen molar-refractivity contribution in [3.63, 3.8) is 0 Å². The molecule has 0 aromatic heterocycles. The van der Waals surface area contributed by atoms with Crippen LogP contribution in [-0.2, 0) is 32.4 Å². The fourth-order valence-electron chi connectivity index (χ4n) is 0.823. The molecule has 0 N–H and O–H groups in total. The second-order valence-electron chi connectivity index (χ2n) is 2.08. The third-order valence-corrected chi connectivity index (χ3v) is 5.77. The van der Waals surface area contributed by atoms with Gasteiger partial charge in [0.15, 0.2) is 0 Å². The van der Waals surface area contributed by atoms with Crippen molar-refractivity contribution < 1.29 is 32.4 Å². The van der Waals surface area contributed by atoms with Gasteiger partial charge < -0.3 is 0 Å². The monoisotopic (exact) mass is 212 g/mol. The molecule has 0 spiro atoms. The number of hydrogen-bond donors (Lipinski definition) is 0. The number of hydrogen-bond acceptors (Lipinski definition) is 4. The molecule has 0 aliphatic carbocycles. The van der Waals surface area contributed by atoms with Crippen LogP contribution in [-0.4, -0.2) is 27.9 Å². The summed E-state index contributed by atoms with van der Waals surface area (Å²) in [5.41, 5.74) is 0. The van der Waals surface area contributed by atoms with Gasteiger partial charge in [-0.2, -0.15) is 0 Å². The van der Waals surface area contributed by atoms with E-state index in [0.29, 0.717) is 11.3 Å². The van der Waals surface area contributed by atoms with Gasteiger partial charge in [-0.15, -0.1) is 0 Å². The fourth-order valence-corrected chi connectivity index (χ4v) is 3.13. The molecule has 0 aliphatic heterocycles. The van der Waals surface area contributed by atoms with E-state index in [0.717, 1.165) is 0 Å². The zero-order valence-corrected chi connectivity index (χ0v) is 9.39. The minimum atomic E-state index is -2.93. The van der Waals surface area contributed by atoms with Gasteiger partial charge in [-0.25, -0.2) is 0 Å². The zero-order chi connectivity index (χ0) is 9.45. The summed E-state index contributed by atoms with van der Waals surface area (Å²) >= 11 is -2.93. The van der Waals surface area contributed by atoms with Gasteiger partial charge in [0.1, 0.15) is 0 Å². The van der Waals surface area contributed by atoms with Crippen LogP contribution < -0.4 is 0 Å². The summed E-state index contributed by atoms with van der Waals surface area (Å²) < 4.78 is 21.3. The van der Waals surface area contributed by atoms with Crippen molar-refractivity contribution in [3.8, 4) is 0 Å². The molecule has 0 saturated heterocycles. The Morgan fingerprint density at radius 1 is 1.17 bits per heavy atom. The second-order valence-corrected chi connectivity index (χ2v) is 6.91. The van der Waals surface area contributed by atoms with E-state index in [2.05, 4.69) is 6.58 Å². The molecular formula is C7H16O4Ti. The molecule has 12 heavy (non-hydrogen) atoms. The summed E-state index contributed by atoms with van der Waals surface area (Å²) in [5.74, 6) is 0. The maximum absolute atomic E-state index is 5.21. The Hall–Kier alpha value is 0.134. The molecule has 0 aliphatic rings. The van der Waals surface area contributed by atoms with Crippen LogP contribution in [0.25, 0.3) is 0 Å². The summed E-state index contributed by atoms with van der Waals surface area (Å²) in [4.78, 5) is 0. The molecule has 0 aromatic rings. The summed E-state index contributed by atoms with van der Waals surface area (Å²) in [5, 5.41) is 0. The number of ether oxygens (including phenoxy) is 1. The molecule has 4 nitrogen and oxygen atoms in total. The summed E-state index contributed by atoms with van der Waals surface area (Å²) in [7, 11) is 4.79. The van der Waals surface area contributed by atoms with Crippen molar-refractivity contribution in [1.29, 1.82) is 0 Å². The fraction of sp³-hybridized carbons (Fsp3) is 0.714. The van der Waals surface area contributed by atoms with E-state index in [1.807, 2.05) is 0 Å². The van der Waals surface area contributed by atoms with Crippen LogP contribution in [0.3, 0.4) is 0 Å². The molecule has 0 rings (SSSR count). The SMILES string of the molecule is C=COC[CH2][Ti]([O]C)([O]C)[O]C. The molecule has 0 radical (unpaired) electrons. The molecule has 0 heterocycles. The molecule has 5 heteroatoms. The van der Waals surface area contributed by atoms with Crippen molar-refractivity contribution in [2.75, 3.05) is 27.9 Å². The zero-order valence-electron chi connectivity index (χ0n) is 7.83. The predicted octanol–water partition coefficient (Wildman–Crippen LogP) is 1.40. The summed E-state index contributed by atoms with van der Waals surface area (Å²) in [6, 6.07) is 0. The van der Waals surface area contributed by atoms with Crippen LogP contribution in [0.4, 0.5) is 0 Å². The first-order valence-electron chi connectivity index (χ1n) is 3.62. The normalized spacial score (nSPS) is 11.2. The van der Waals surface area contributed by atoms with E-state index in [1.54, 1.807) is 21.3 Å². The van der Waals surface area contributed by atoms with Gasteiger partial charge in [0.2, 0.25) is 0 Å². The third-order valence-electron chi connectivity index (χ3n) is 1.58. The Labute approximate surface area is 78.2 Å². The van der Waals surface area contributed by atoms with Crippen LogP contribution in [0.2, 0.25) is 4.73 Å². The Balaban J connectivity index is 3.84. The standard InChI is InChI=1S/C4H7O.3CH3O.Ti/c1-3-5-4-2;3*1-2;/h3H,1-2,4H2;3*1H3;/q;3*-1;+3. The molecule has 0 saturated carbocycles. The first-order chi connectivity index (χ1) is 5.74. The van der Waals surface area contributed by atoms with Gasteiger partial charge in [-0.3, -0.25) is 0 Å². The van der Waals surface area contributed by atoms with Gasteiger partial charge in [0, 0.05) is 0 Å². The van der Waals surface area contributed by atoms with E-state index in [4.69, 9.17) is 14.7 Å².